The monoisotopic (exact) mass is 226 g/mol. The molecule has 1 unspecified atom stereocenters. The number of nitrogens with two attached hydrogens (primary N) is 1. The first-order chi connectivity index (χ1) is 7.15. The van der Waals surface area contributed by atoms with Gasteiger partial charge in [-0.05, 0) is 29.7 Å². The summed E-state index contributed by atoms with van der Waals surface area (Å²) in [7, 11) is 0. The van der Waals surface area contributed by atoms with Gasteiger partial charge in [0.15, 0.2) is 11.1 Å². The molecule has 15 heavy (non-hydrogen) atoms. The highest BCUT2D eigenvalue weighted by molar-refractivity contribution is 7.79. The maximum absolute atomic E-state index is 10.7. The number of hydrogen-bond acceptors (Lipinski definition) is 3. The van der Waals surface area contributed by atoms with Crippen LogP contribution in [0.5, 0.6) is 0 Å². The van der Waals surface area contributed by atoms with Gasteiger partial charge in [-0.1, -0.05) is 6.07 Å². The first-order valence-corrected chi connectivity index (χ1v) is 6.10. The molecule has 1 atom stereocenters. The molecule has 1 heterocycles. The predicted octanol–water partition coefficient (Wildman–Crippen LogP) is 0.806. The molecule has 0 aromatic heterocycles. The second-order valence-electron chi connectivity index (χ2n) is 3.78. The van der Waals surface area contributed by atoms with Crippen molar-refractivity contribution in [2.75, 3.05) is 18.2 Å². The molecule has 0 saturated carbocycles. The van der Waals surface area contributed by atoms with E-state index in [0.29, 0.717) is 0 Å². The largest absolute Gasteiger partial charge is 0.399 e. The Hall–Kier alpha value is -0.910. The molecule has 0 amide bonds. The molecule has 4 nitrogen and oxygen atoms in total. The van der Waals surface area contributed by atoms with Gasteiger partial charge in [0.25, 0.3) is 0 Å². The van der Waals surface area contributed by atoms with E-state index in [4.69, 9.17) is 10.3 Å². The lowest BCUT2D eigenvalue weighted by atomic mass is 10.00. The molecule has 3 N–H and O–H groups in total. The molecular formula is C10H14N2O2S. The third-order valence-electron chi connectivity index (χ3n) is 2.61. The van der Waals surface area contributed by atoms with Crippen LogP contribution in [0, 0.1) is 0 Å². The van der Waals surface area contributed by atoms with Crippen LogP contribution in [0.3, 0.4) is 0 Å². The van der Waals surface area contributed by atoms with Gasteiger partial charge in [-0.3, -0.25) is 4.90 Å². The van der Waals surface area contributed by atoms with E-state index in [0.717, 1.165) is 25.2 Å². The summed E-state index contributed by atoms with van der Waals surface area (Å²) in [4.78, 5) is 1.98. The number of nitrogens with zero attached hydrogens (tertiary/aromatic N) is 1. The lowest BCUT2D eigenvalue weighted by molar-refractivity contribution is 0.291. The number of fused-ring (bicyclic) bond motifs is 1. The Balaban J connectivity index is 2.13. The van der Waals surface area contributed by atoms with E-state index >= 15 is 0 Å². The molecule has 1 aromatic carbocycles. The van der Waals surface area contributed by atoms with Crippen molar-refractivity contribution in [2.45, 2.75) is 13.0 Å². The molecule has 5 heteroatoms. The Labute approximate surface area is 91.4 Å². The van der Waals surface area contributed by atoms with Crippen LogP contribution in [0.15, 0.2) is 18.2 Å². The Morgan fingerprint density at radius 1 is 1.47 bits per heavy atom. The van der Waals surface area contributed by atoms with Crippen LogP contribution in [-0.4, -0.2) is 26.1 Å². The summed E-state index contributed by atoms with van der Waals surface area (Å²) >= 11 is -1.74. The zero-order valence-corrected chi connectivity index (χ0v) is 9.17. The van der Waals surface area contributed by atoms with Gasteiger partial charge in [0.1, 0.15) is 5.88 Å². The van der Waals surface area contributed by atoms with Crippen molar-refractivity contribution in [3.63, 3.8) is 0 Å². The Morgan fingerprint density at radius 2 is 2.27 bits per heavy atom. The average Bonchev–Trinajstić information content (AvgIpc) is 2.17. The lowest BCUT2D eigenvalue weighted by Crippen LogP contribution is -2.33. The fourth-order valence-electron chi connectivity index (χ4n) is 1.90. The predicted molar refractivity (Wildman–Crippen MR) is 60.6 cm³/mol. The molecule has 0 radical (unpaired) electrons. The molecule has 0 fully saturated rings. The normalized spacial score (nSPS) is 18.5. The molecule has 0 spiro atoms. The number of rotatable bonds is 2. The molecule has 0 bridgehead atoms. The van der Waals surface area contributed by atoms with E-state index in [1.807, 2.05) is 23.1 Å². The molecule has 82 valence electrons. The van der Waals surface area contributed by atoms with Gasteiger partial charge in [-0.2, -0.15) is 0 Å². The summed E-state index contributed by atoms with van der Waals surface area (Å²) in [5, 5.41) is 0. The zero-order valence-electron chi connectivity index (χ0n) is 8.35. The lowest BCUT2D eigenvalue weighted by Gasteiger charge is -2.27. The van der Waals surface area contributed by atoms with Crippen LogP contribution in [0.4, 0.5) is 5.69 Å². The summed E-state index contributed by atoms with van der Waals surface area (Å²) in [6.07, 6.45) is 0.900. The summed E-state index contributed by atoms with van der Waals surface area (Å²) in [6.45, 7) is 1.56. The van der Waals surface area contributed by atoms with E-state index in [9.17, 15) is 4.21 Å². The van der Waals surface area contributed by atoms with Crippen LogP contribution in [0.2, 0.25) is 0 Å². The summed E-state index contributed by atoms with van der Waals surface area (Å²) < 4.78 is 19.5. The molecule has 0 aliphatic carbocycles. The quantitative estimate of drug-likeness (QED) is 0.578. The van der Waals surface area contributed by atoms with Crippen molar-refractivity contribution in [1.82, 2.24) is 4.90 Å². The molecule has 0 saturated heterocycles. The Morgan fingerprint density at radius 3 is 3.00 bits per heavy atom. The van der Waals surface area contributed by atoms with Gasteiger partial charge in [0.2, 0.25) is 0 Å². The third-order valence-corrected chi connectivity index (χ3v) is 3.20. The fraction of sp³-hybridized carbons (Fsp3) is 0.400. The van der Waals surface area contributed by atoms with Gasteiger partial charge in [-0.25, -0.2) is 4.21 Å². The minimum atomic E-state index is -1.74. The molecular weight excluding hydrogens is 212 g/mol. The fourth-order valence-corrected chi connectivity index (χ4v) is 2.43. The molecule has 1 aliphatic heterocycles. The van der Waals surface area contributed by atoms with E-state index in [2.05, 4.69) is 0 Å². The van der Waals surface area contributed by atoms with Crippen LogP contribution in [-0.2, 0) is 24.0 Å². The van der Waals surface area contributed by atoms with Gasteiger partial charge in [-0.15, -0.1) is 0 Å². The molecule has 1 aliphatic rings. The second kappa shape index (κ2) is 4.30. The standard InChI is InChI=1S/C10H14N2O2S/c11-10-2-1-9-6-12(7-15(13)14)4-3-8(9)5-10/h1-2,5H,3-4,6-7,11H2,(H,13,14). The SMILES string of the molecule is Nc1ccc2c(c1)CCN(CS(=O)O)C2. The van der Waals surface area contributed by atoms with Crippen molar-refractivity contribution >= 4 is 16.8 Å². The minimum absolute atomic E-state index is 0.226. The molecule has 1 aromatic rings. The van der Waals surface area contributed by atoms with Crippen LogP contribution in [0.25, 0.3) is 0 Å². The van der Waals surface area contributed by atoms with Crippen molar-refractivity contribution < 1.29 is 8.76 Å². The minimum Gasteiger partial charge on any atom is -0.399 e. The number of hydrogen-bond donors (Lipinski definition) is 2. The van der Waals surface area contributed by atoms with E-state index < -0.39 is 11.1 Å². The maximum atomic E-state index is 10.7. The van der Waals surface area contributed by atoms with Crippen LogP contribution >= 0.6 is 0 Å². The van der Waals surface area contributed by atoms with E-state index in [1.165, 1.54) is 11.1 Å². The van der Waals surface area contributed by atoms with E-state index in [-0.39, 0.29) is 5.88 Å². The van der Waals surface area contributed by atoms with Gasteiger partial charge in [0, 0.05) is 18.8 Å². The summed E-state index contributed by atoms with van der Waals surface area (Å²) in [5.41, 5.74) is 8.95. The van der Waals surface area contributed by atoms with Gasteiger partial charge >= 0.3 is 0 Å². The first-order valence-electron chi connectivity index (χ1n) is 4.82. The van der Waals surface area contributed by atoms with Gasteiger partial charge in [0.05, 0.1) is 0 Å². The summed E-state index contributed by atoms with van der Waals surface area (Å²) in [5.74, 6) is 0.226. The highest BCUT2D eigenvalue weighted by Crippen LogP contribution is 2.21. The molecule has 2 rings (SSSR count). The summed E-state index contributed by atoms with van der Waals surface area (Å²) in [6, 6.07) is 5.86. The van der Waals surface area contributed by atoms with Crippen molar-refractivity contribution in [2.24, 2.45) is 0 Å². The van der Waals surface area contributed by atoms with Crippen molar-refractivity contribution in [3.8, 4) is 0 Å². The van der Waals surface area contributed by atoms with Gasteiger partial charge < -0.3 is 10.3 Å². The zero-order chi connectivity index (χ0) is 10.8. The maximum Gasteiger partial charge on any atom is 0.167 e. The number of nitrogen functional groups attached to an aromatic ring is 1. The number of benzene rings is 1. The van der Waals surface area contributed by atoms with Crippen molar-refractivity contribution in [3.05, 3.63) is 29.3 Å². The second-order valence-corrected chi connectivity index (χ2v) is 4.68. The topological polar surface area (TPSA) is 66.6 Å². The first kappa shape index (κ1) is 10.6. The number of anilines is 1. The highest BCUT2D eigenvalue weighted by Gasteiger charge is 2.17. The highest BCUT2D eigenvalue weighted by atomic mass is 32.2. The Bertz CT molecular complexity index is 395. The Kier molecular flexibility index (Phi) is 3.04. The van der Waals surface area contributed by atoms with Crippen molar-refractivity contribution in [1.29, 1.82) is 0 Å². The van der Waals surface area contributed by atoms with E-state index in [1.54, 1.807) is 0 Å². The van der Waals surface area contributed by atoms with Crippen LogP contribution in [0.1, 0.15) is 11.1 Å². The smallest absolute Gasteiger partial charge is 0.167 e. The average molecular weight is 226 g/mol. The van der Waals surface area contributed by atoms with Crippen LogP contribution < -0.4 is 5.73 Å². The third kappa shape index (κ3) is 2.56.